The van der Waals surface area contributed by atoms with E-state index >= 15 is 0 Å². The molecule has 0 aromatic heterocycles. The SMILES string of the molecule is COc1ccc(CNC(=O)C(=O)N/N=C\c2cc(Br)ccc2OCC(=O)Nc2cc(C)ccc2C)cc1. The number of aryl methyl sites for hydroxylation is 2. The van der Waals surface area contributed by atoms with E-state index in [1.165, 1.54) is 6.21 Å². The number of rotatable bonds is 9. The van der Waals surface area contributed by atoms with Crippen molar-refractivity contribution in [2.45, 2.75) is 20.4 Å². The number of halogens is 1. The van der Waals surface area contributed by atoms with Crippen molar-refractivity contribution in [1.29, 1.82) is 0 Å². The van der Waals surface area contributed by atoms with Crippen molar-refractivity contribution in [3.63, 3.8) is 0 Å². The lowest BCUT2D eigenvalue weighted by Crippen LogP contribution is -2.37. The molecule has 0 saturated carbocycles. The summed E-state index contributed by atoms with van der Waals surface area (Å²) in [6.45, 7) is 3.80. The van der Waals surface area contributed by atoms with Gasteiger partial charge in [-0.05, 0) is 66.9 Å². The van der Waals surface area contributed by atoms with Gasteiger partial charge in [0.1, 0.15) is 11.5 Å². The molecule has 0 radical (unpaired) electrons. The molecule has 3 aromatic carbocycles. The second-order valence-corrected chi connectivity index (χ2v) is 8.98. The van der Waals surface area contributed by atoms with E-state index in [1.807, 2.05) is 32.0 Å². The zero-order valence-electron chi connectivity index (χ0n) is 20.6. The summed E-state index contributed by atoms with van der Waals surface area (Å²) in [6, 6.07) is 18.0. The lowest BCUT2D eigenvalue weighted by molar-refractivity contribution is -0.139. The second-order valence-electron chi connectivity index (χ2n) is 8.07. The van der Waals surface area contributed by atoms with E-state index < -0.39 is 11.8 Å². The van der Waals surface area contributed by atoms with Gasteiger partial charge in [0.05, 0.1) is 13.3 Å². The molecule has 0 saturated heterocycles. The van der Waals surface area contributed by atoms with Crippen LogP contribution in [0.3, 0.4) is 0 Å². The zero-order chi connectivity index (χ0) is 26.8. The molecule has 3 N–H and O–H groups in total. The first-order valence-corrected chi connectivity index (χ1v) is 12.1. The zero-order valence-corrected chi connectivity index (χ0v) is 22.2. The number of nitrogens with zero attached hydrogens (tertiary/aromatic N) is 1. The number of anilines is 1. The molecule has 0 spiro atoms. The van der Waals surface area contributed by atoms with E-state index in [4.69, 9.17) is 9.47 Å². The fourth-order valence-electron chi connectivity index (χ4n) is 3.17. The summed E-state index contributed by atoms with van der Waals surface area (Å²) in [6.07, 6.45) is 1.33. The monoisotopic (exact) mass is 566 g/mol. The summed E-state index contributed by atoms with van der Waals surface area (Å²) in [7, 11) is 1.56. The number of benzene rings is 3. The van der Waals surface area contributed by atoms with Gasteiger partial charge in [-0.3, -0.25) is 14.4 Å². The van der Waals surface area contributed by atoms with Crippen molar-refractivity contribution in [3.05, 3.63) is 87.4 Å². The Morgan fingerprint density at radius 3 is 2.46 bits per heavy atom. The van der Waals surface area contributed by atoms with Crippen molar-refractivity contribution in [1.82, 2.24) is 10.7 Å². The van der Waals surface area contributed by atoms with Crippen LogP contribution in [0.2, 0.25) is 0 Å². The van der Waals surface area contributed by atoms with E-state index in [0.29, 0.717) is 17.1 Å². The summed E-state index contributed by atoms with van der Waals surface area (Å²) in [5, 5.41) is 9.22. The highest BCUT2D eigenvalue weighted by Crippen LogP contribution is 2.22. The molecule has 3 rings (SSSR count). The van der Waals surface area contributed by atoms with Crippen LogP contribution < -0.4 is 25.5 Å². The Kier molecular flexibility index (Phi) is 9.79. The van der Waals surface area contributed by atoms with E-state index in [2.05, 4.69) is 37.1 Å². The molecule has 10 heteroatoms. The van der Waals surface area contributed by atoms with Gasteiger partial charge in [0.15, 0.2) is 6.61 Å². The predicted molar refractivity (Wildman–Crippen MR) is 145 cm³/mol. The maximum absolute atomic E-state index is 12.4. The van der Waals surface area contributed by atoms with Gasteiger partial charge in [0.2, 0.25) is 0 Å². The first-order valence-electron chi connectivity index (χ1n) is 11.3. The largest absolute Gasteiger partial charge is 0.497 e. The van der Waals surface area contributed by atoms with Crippen molar-refractivity contribution in [3.8, 4) is 11.5 Å². The first-order chi connectivity index (χ1) is 17.7. The van der Waals surface area contributed by atoms with Crippen LogP contribution >= 0.6 is 15.9 Å². The molecule has 3 amide bonds. The number of hydrazone groups is 1. The summed E-state index contributed by atoms with van der Waals surface area (Å²) in [4.78, 5) is 36.6. The Labute approximate surface area is 223 Å². The van der Waals surface area contributed by atoms with Crippen LogP contribution in [0, 0.1) is 13.8 Å². The minimum absolute atomic E-state index is 0.174. The molecular weight excluding hydrogens is 540 g/mol. The average Bonchev–Trinajstić information content (AvgIpc) is 2.89. The summed E-state index contributed by atoms with van der Waals surface area (Å²) >= 11 is 3.38. The maximum atomic E-state index is 12.4. The van der Waals surface area contributed by atoms with E-state index in [0.717, 1.165) is 26.9 Å². The van der Waals surface area contributed by atoms with E-state index in [-0.39, 0.29) is 19.1 Å². The third kappa shape index (κ3) is 8.46. The van der Waals surface area contributed by atoms with Gasteiger partial charge in [0.25, 0.3) is 5.91 Å². The van der Waals surface area contributed by atoms with Crippen LogP contribution in [-0.2, 0) is 20.9 Å². The molecule has 3 aromatic rings. The van der Waals surface area contributed by atoms with Gasteiger partial charge in [-0.2, -0.15) is 5.10 Å². The van der Waals surface area contributed by atoms with Crippen LogP contribution in [0.15, 0.2) is 70.2 Å². The standard InChI is InChI=1S/C27H27BrN4O5/c1-17-4-5-18(2)23(12-17)31-25(33)16-37-24-11-8-21(28)13-20(24)15-30-32-27(35)26(34)29-14-19-6-9-22(36-3)10-7-19/h4-13,15H,14,16H2,1-3H3,(H,29,34)(H,31,33)(H,32,35)/b30-15-. The molecule has 0 unspecified atom stereocenters. The molecule has 0 aliphatic heterocycles. The quantitative estimate of drug-likeness (QED) is 0.206. The van der Waals surface area contributed by atoms with Crippen molar-refractivity contribution in [2.75, 3.05) is 19.0 Å². The second kappa shape index (κ2) is 13.2. The molecule has 0 aliphatic carbocycles. The molecule has 0 bridgehead atoms. The summed E-state index contributed by atoms with van der Waals surface area (Å²) in [5.41, 5.74) is 6.19. The van der Waals surface area contributed by atoms with Gasteiger partial charge in [0, 0.05) is 22.3 Å². The van der Waals surface area contributed by atoms with Gasteiger partial charge in [-0.1, -0.05) is 40.2 Å². The number of nitrogens with one attached hydrogen (secondary N) is 3. The maximum Gasteiger partial charge on any atom is 0.329 e. The van der Waals surface area contributed by atoms with Gasteiger partial charge in [-0.25, -0.2) is 5.43 Å². The normalized spacial score (nSPS) is 10.6. The summed E-state index contributed by atoms with van der Waals surface area (Å²) < 4.78 is 11.5. The number of methoxy groups -OCH3 is 1. The molecule has 0 atom stereocenters. The Hall–Kier alpha value is -4.18. The van der Waals surface area contributed by atoms with Gasteiger partial charge < -0.3 is 20.1 Å². The van der Waals surface area contributed by atoms with E-state index in [9.17, 15) is 14.4 Å². The molecule has 0 fully saturated rings. The molecule has 9 nitrogen and oxygen atoms in total. The third-order valence-electron chi connectivity index (χ3n) is 5.19. The number of amides is 3. The molecule has 37 heavy (non-hydrogen) atoms. The van der Waals surface area contributed by atoms with Gasteiger partial charge in [-0.15, -0.1) is 0 Å². The number of hydrogen-bond acceptors (Lipinski definition) is 6. The number of carbonyl (C=O) groups is 3. The van der Waals surface area contributed by atoms with Crippen LogP contribution in [0.5, 0.6) is 11.5 Å². The topological polar surface area (TPSA) is 118 Å². The number of hydrogen-bond donors (Lipinski definition) is 3. The lowest BCUT2D eigenvalue weighted by atomic mass is 10.1. The highest BCUT2D eigenvalue weighted by Gasteiger charge is 2.13. The number of carbonyl (C=O) groups excluding carboxylic acids is 3. The van der Waals surface area contributed by atoms with Crippen LogP contribution in [0.4, 0.5) is 5.69 Å². The average molecular weight is 567 g/mol. The fourth-order valence-corrected chi connectivity index (χ4v) is 3.55. The minimum atomic E-state index is -0.921. The van der Waals surface area contributed by atoms with E-state index in [1.54, 1.807) is 49.6 Å². The highest BCUT2D eigenvalue weighted by molar-refractivity contribution is 9.10. The third-order valence-corrected chi connectivity index (χ3v) is 5.68. The molecular formula is C27H27BrN4O5. The van der Waals surface area contributed by atoms with Crippen LogP contribution in [0.25, 0.3) is 0 Å². The molecule has 0 heterocycles. The Morgan fingerprint density at radius 2 is 1.73 bits per heavy atom. The summed E-state index contributed by atoms with van der Waals surface area (Å²) in [5.74, 6) is -1.00. The Balaban J connectivity index is 1.54. The van der Waals surface area contributed by atoms with Crippen molar-refractivity contribution >= 4 is 45.6 Å². The van der Waals surface area contributed by atoms with Crippen molar-refractivity contribution in [2.24, 2.45) is 5.10 Å². The van der Waals surface area contributed by atoms with Crippen LogP contribution in [-0.4, -0.2) is 37.7 Å². The first kappa shape index (κ1) is 27.4. The van der Waals surface area contributed by atoms with Gasteiger partial charge >= 0.3 is 11.8 Å². The smallest absolute Gasteiger partial charge is 0.329 e. The molecule has 192 valence electrons. The Bertz CT molecular complexity index is 1310. The highest BCUT2D eigenvalue weighted by atomic mass is 79.9. The molecule has 0 aliphatic rings. The Morgan fingerprint density at radius 1 is 0.973 bits per heavy atom. The predicted octanol–water partition coefficient (Wildman–Crippen LogP) is 3.86. The fraction of sp³-hybridized carbons (Fsp3) is 0.185. The number of ether oxygens (including phenoxy) is 2. The lowest BCUT2D eigenvalue weighted by Gasteiger charge is -2.12. The van der Waals surface area contributed by atoms with Crippen molar-refractivity contribution < 1.29 is 23.9 Å². The minimum Gasteiger partial charge on any atom is -0.497 e. The van der Waals surface area contributed by atoms with Crippen LogP contribution in [0.1, 0.15) is 22.3 Å².